The van der Waals surface area contributed by atoms with Gasteiger partial charge in [0.2, 0.25) is 5.91 Å². The summed E-state index contributed by atoms with van der Waals surface area (Å²) in [5, 5.41) is 0.970. The number of carbonyl (C=O) groups excluding carboxylic acids is 2. The lowest BCUT2D eigenvalue weighted by molar-refractivity contribution is -0.121. The third kappa shape index (κ3) is 3.77. The number of benzene rings is 2. The number of allylic oxidation sites excluding steroid dienone is 2. The van der Waals surface area contributed by atoms with Gasteiger partial charge in [-0.15, -0.1) is 0 Å². The van der Waals surface area contributed by atoms with Crippen molar-refractivity contribution in [2.45, 2.75) is 39.0 Å². The first-order valence-electron chi connectivity index (χ1n) is 9.56. The molecule has 0 saturated heterocycles. The molecule has 1 unspecified atom stereocenters. The molecule has 0 radical (unpaired) electrons. The molecular formula is C23H19Cl3FNO2. The van der Waals surface area contributed by atoms with Crippen LogP contribution in [0.1, 0.15) is 44.6 Å². The van der Waals surface area contributed by atoms with Gasteiger partial charge in [0.25, 0.3) is 0 Å². The number of carbonyl (C=O) groups is 2. The molecule has 0 spiro atoms. The maximum Gasteiger partial charge on any atom is 0.232 e. The number of anilines is 1. The number of hydrogen-bond acceptors (Lipinski definition) is 2. The maximum absolute atomic E-state index is 14.7. The monoisotopic (exact) mass is 465 g/mol. The van der Waals surface area contributed by atoms with Crippen molar-refractivity contribution in [1.82, 2.24) is 0 Å². The fourth-order valence-corrected chi connectivity index (χ4v) is 5.28. The molecule has 1 heterocycles. The van der Waals surface area contributed by atoms with E-state index in [2.05, 4.69) is 0 Å². The van der Waals surface area contributed by atoms with Gasteiger partial charge in [0.05, 0.1) is 5.69 Å². The molecule has 1 amide bonds. The largest absolute Gasteiger partial charge is 0.294 e. The van der Waals surface area contributed by atoms with Gasteiger partial charge in [-0.3, -0.25) is 14.5 Å². The van der Waals surface area contributed by atoms with E-state index in [-0.39, 0.29) is 34.1 Å². The van der Waals surface area contributed by atoms with E-state index in [0.717, 1.165) is 0 Å². The molecule has 3 nitrogen and oxygen atoms in total. The molecule has 2 aromatic rings. The van der Waals surface area contributed by atoms with Crippen LogP contribution in [0.5, 0.6) is 0 Å². The number of amides is 1. The van der Waals surface area contributed by atoms with Gasteiger partial charge in [-0.05, 0) is 42.2 Å². The normalized spacial score (nSPS) is 21.1. The van der Waals surface area contributed by atoms with Gasteiger partial charge in [-0.2, -0.15) is 0 Å². The van der Waals surface area contributed by atoms with Crippen molar-refractivity contribution in [2.24, 2.45) is 5.41 Å². The van der Waals surface area contributed by atoms with Gasteiger partial charge in [0.15, 0.2) is 5.78 Å². The first-order valence-corrected chi connectivity index (χ1v) is 10.7. The van der Waals surface area contributed by atoms with Crippen LogP contribution in [-0.4, -0.2) is 11.7 Å². The molecule has 7 heteroatoms. The van der Waals surface area contributed by atoms with Gasteiger partial charge in [0, 0.05) is 50.7 Å². The number of nitrogens with zero attached hydrogens (tertiary/aromatic N) is 1. The quantitative estimate of drug-likeness (QED) is 0.480. The van der Waals surface area contributed by atoms with Crippen molar-refractivity contribution < 1.29 is 14.0 Å². The van der Waals surface area contributed by atoms with Gasteiger partial charge in [-0.25, -0.2) is 4.39 Å². The van der Waals surface area contributed by atoms with Gasteiger partial charge >= 0.3 is 0 Å². The lowest BCUT2D eigenvalue weighted by Crippen LogP contribution is -2.44. The third-order valence-electron chi connectivity index (χ3n) is 5.60. The van der Waals surface area contributed by atoms with Crippen molar-refractivity contribution in [3.63, 3.8) is 0 Å². The van der Waals surface area contributed by atoms with E-state index in [4.69, 9.17) is 34.8 Å². The second-order valence-corrected chi connectivity index (χ2v) is 9.83. The van der Waals surface area contributed by atoms with Gasteiger partial charge < -0.3 is 0 Å². The summed E-state index contributed by atoms with van der Waals surface area (Å²) in [4.78, 5) is 28.1. The predicted molar refractivity (Wildman–Crippen MR) is 118 cm³/mol. The molecule has 0 N–H and O–H groups in total. The molecule has 1 aliphatic carbocycles. The Kier molecular flexibility index (Phi) is 5.46. The van der Waals surface area contributed by atoms with E-state index >= 15 is 0 Å². The summed E-state index contributed by atoms with van der Waals surface area (Å²) in [5.74, 6) is -1.61. The van der Waals surface area contributed by atoms with Crippen molar-refractivity contribution >= 4 is 52.2 Å². The number of halogens is 4. The Hall–Kier alpha value is -1.88. The number of Topliss-reactive ketones (excluding diaryl/α,β-unsaturated/α-hetero) is 1. The van der Waals surface area contributed by atoms with Crippen LogP contribution in [0.2, 0.25) is 15.1 Å². The Labute approximate surface area is 189 Å². The maximum atomic E-state index is 14.7. The minimum absolute atomic E-state index is 0.0736. The van der Waals surface area contributed by atoms with Crippen LogP contribution in [0.15, 0.2) is 47.7 Å². The van der Waals surface area contributed by atoms with E-state index in [1.807, 2.05) is 13.8 Å². The Morgan fingerprint density at radius 1 is 1.03 bits per heavy atom. The molecule has 0 fully saturated rings. The third-order valence-corrected chi connectivity index (χ3v) is 6.36. The summed E-state index contributed by atoms with van der Waals surface area (Å²) >= 11 is 18.6. The van der Waals surface area contributed by atoms with Crippen molar-refractivity contribution in [2.75, 3.05) is 4.90 Å². The molecule has 2 aliphatic rings. The zero-order chi connectivity index (χ0) is 21.8. The molecule has 1 aliphatic heterocycles. The summed E-state index contributed by atoms with van der Waals surface area (Å²) in [6, 6.07) is 9.23. The smallest absolute Gasteiger partial charge is 0.232 e. The summed E-state index contributed by atoms with van der Waals surface area (Å²) in [5.41, 5.74) is 1.34. The van der Waals surface area contributed by atoms with Crippen LogP contribution in [0.25, 0.3) is 0 Å². The zero-order valence-electron chi connectivity index (χ0n) is 16.4. The van der Waals surface area contributed by atoms with Crippen LogP contribution in [-0.2, 0) is 9.59 Å². The van der Waals surface area contributed by atoms with Gasteiger partial charge in [-0.1, -0.05) is 54.7 Å². The summed E-state index contributed by atoms with van der Waals surface area (Å²) in [7, 11) is 0. The Morgan fingerprint density at radius 3 is 2.33 bits per heavy atom. The number of hydrogen-bond donors (Lipinski definition) is 0. The van der Waals surface area contributed by atoms with Crippen LogP contribution >= 0.6 is 34.8 Å². The highest BCUT2D eigenvalue weighted by Gasteiger charge is 2.45. The van der Waals surface area contributed by atoms with E-state index in [9.17, 15) is 14.0 Å². The Balaban J connectivity index is 1.96. The van der Waals surface area contributed by atoms with Crippen LogP contribution in [0.3, 0.4) is 0 Å². The SMILES string of the molecule is CC1(C)CC(=O)C2=C(C1)N(c1cc(Cl)cc(Cl)c1)C(=O)CC2c1c(F)cccc1Cl. The lowest BCUT2D eigenvalue weighted by Gasteiger charge is -2.43. The van der Waals surface area contributed by atoms with Crippen molar-refractivity contribution in [3.8, 4) is 0 Å². The molecule has 2 aromatic carbocycles. The second-order valence-electron chi connectivity index (χ2n) is 8.55. The fraction of sp³-hybridized carbons (Fsp3) is 0.304. The van der Waals surface area contributed by atoms with E-state index in [1.165, 1.54) is 17.0 Å². The first kappa shape index (κ1) is 21.4. The summed E-state index contributed by atoms with van der Waals surface area (Å²) < 4.78 is 14.7. The molecule has 30 heavy (non-hydrogen) atoms. The zero-order valence-corrected chi connectivity index (χ0v) is 18.7. The van der Waals surface area contributed by atoms with Crippen molar-refractivity contribution in [1.29, 1.82) is 0 Å². The van der Waals surface area contributed by atoms with Crippen LogP contribution < -0.4 is 4.90 Å². The predicted octanol–water partition coefficient (Wildman–Crippen LogP) is 6.95. The van der Waals surface area contributed by atoms with Crippen LogP contribution in [0, 0.1) is 11.2 Å². The summed E-state index contributed by atoms with van der Waals surface area (Å²) in [6.07, 6.45) is 0.717. The average molecular weight is 467 g/mol. The average Bonchev–Trinajstić information content (AvgIpc) is 2.59. The van der Waals surface area contributed by atoms with Crippen molar-refractivity contribution in [3.05, 3.63) is 74.1 Å². The van der Waals surface area contributed by atoms with E-state index in [0.29, 0.717) is 39.8 Å². The molecule has 156 valence electrons. The minimum atomic E-state index is -0.726. The first-order chi connectivity index (χ1) is 14.1. The standard InChI is InChI=1S/C23H19Cl3FNO2/c1-23(2)10-18-22(19(29)11-23)15(21-16(26)4-3-5-17(21)27)9-20(30)28(18)14-7-12(24)6-13(25)8-14/h3-8,15H,9-11H2,1-2H3. The minimum Gasteiger partial charge on any atom is -0.294 e. The molecule has 0 saturated carbocycles. The summed E-state index contributed by atoms with van der Waals surface area (Å²) in [6.45, 7) is 3.95. The molecule has 0 aromatic heterocycles. The molecule has 0 bridgehead atoms. The van der Waals surface area contributed by atoms with E-state index in [1.54, 1.807) is 24.3 Å². The fourth-order valence-electron chi connectivity index (χ4n) is 4.47. The van der Waals surface area contributed by atoms with Gasteiger partial charge in [0.1, 0.15) is 5.82 Å². The highest BCUT2D eigenvalue weighted by atomic mass is 35.5. The lowest BCUT2D eigenvalue weighted by atomic mass is 9.69. The number of ketones is 1. The van der Waals surface area contributed by atoms with Crippen LogP contribution in [0.4, 0.5) is 10.1 Å². The molecular weight excluding hydrogens is 448 g/mol. The molecule has 4 rings (SSSR count). The Bertz CT molecular complexity index is 1070. The molecule has 1 atom stereocenters. The Morgan fingerprint density at radius 2 is 1.70 bits per heavy atom. The highest BCUT2D eigenvalue weighted by molar-refractivity contribution is 6.35. The highest BCUT2D eigenvalue weighted by Crippen LogP contribution is 2.49. The van der Waals surface area contributed by atoms with E-state index < -0.39 is 11.7 Å². The second kappa shape index (κ2) is 7.67. The number of rotatable bonds is 2. The topological polar surface area (TPSA) is 37.4 Å².